The molecule has 0 aromatic rings. The second-order valence-corrected chi connectivity index (χ2v) is 2.82. The number of hydrogen-bond donors (Lipinski definition) is 0. The lowest BCUT2D eigenvalue weighted by Gasteiger charge is -2.04. The first-order valence-corrected chi connectivity index (χ1v) is 3.86. The summed E-state index contributed by atoms with van der Waals surface area (Å²) in [6.07, 6.45) is 3.07. The molecule has 1 atom stereocenters. The fourth-order valence-electron chi connectivity index (χ4n) is 0.335. The SMILES string of the molecule is CCC(C)O/N=C/C(C)C. The molecule has 0 heterocycles. The first-order valence-electron chi connectivity index (χ1n) is 3.86. The van der Waals surface area contributed by atoms with E-state index in [1.807, 2.05) is 13.1 Å². The zero-order valence-electron chi connectivity index (χ0n) is 7.29. The summed E-state index contributed by atoms with van der Waals surface area (Å²) >= 11 is 0. The fourth-order valence-corrected chi connectivity index (χ4v) is 0.335. The van der Waals surface area contributed by atoms with E-state index >= 15 is 0 Å². The van der Waals surface area contributed by atoms with E-state index in [1.54, 1.807) is 0 Å². The predicted octanol–water partition coefficient (Wildman–Crippen LogP) is 2.44. The smallest absolute Gasteiger partial charge is 0.124 e. The number of oxime groups is 1. The largest absolute Gasteiger partial charge is 0.393 e. The Balaban J connectivity index is 3.33. The zero-order valence-corrected chi connectivity index (χ0v) is 7.29. The summed E-state index contributed by atoms with van der Waals surface area (Å²) in [4.78, 5) is 5.07. The average molecular weight is 143 g/mol. The van der Waals surface area contributed by atoms with Crippen molar-refractivity contribution in [2.45, 2.75) is 40.2 Å². The highest BCUT2D eigenvalue weighted by atomic mass is 16.6. The lowest BCUT2D eigenvalue weighted by atomic mass is 10.3. The Morgan fingerprint density at radius 1 is 1.40 bits per heavy atom. The van der Waals surface area contributed by atoms with Gasteiger partial charge in [-0.25, -0.2) is 0 Å². The van der Waals surface area contributed by atoms with E-state index in [0.29, 0.717) is 5.92 Å². The number of nitrogens with zero attached hydrogens (tertiary/aromatic N) is 1. The van der Waals surface area contributed by atoms with E-state index in [9.17, 15) is 0 Å². The van der Waals surface area contributed by atoms with Gasteiger partial charge in [0.1, 0.15) is 6.10 Å². The van der Waals surface area contributed by atoms with Crippen molar-refractivity contribution < 1.29 is 4.84 Å². The Labute approximate surface area is 63.3 Å². The van der Waals surface area contributed by atoms with Crippen LogP contribution in [0.15, 0.2) is 5.16 Å². The molecule has 0 aromatic carbocycles. The molecule has 0 aliphatic carbocycles. The van der Waals surface area contributed by atoms with Crippen LogP contribution in [0.4, 0.5) is 0 Å². The van der Waals surface area contributed by atoms with Gasteiger partial charge in [-0.2, -0.15) is 0 Å². The molecule has 0 rings (SSSR count). The Morgan fingerprint density at radius 3 is 2.40 bits per heavy atom. The predicted molar refractivity (Wildman–Crippen MR) is 44.2 cm³/mol. The van der Waals surface area contributed by atoms with Crippen LogP contribution in [0.5, 0.6) is 0 Å². The minimum atomic E-state index is 0.245. The van der Waals surface area contributed by atoms with Crippen LogP contribution in [-0.4, -0.2) is 12.3 Å². The van der Waals surface area contributed by atoms with Crippen molar-refractivity contribution in [3.05, 3.63) is 0 Å². The van der Waals surface area contributed by atoms with E-state index in [2.05, 4.69) is 25.9 Å². The number of hydrogen-bond acceptors (Lipinski definition) is 2. The van der Waals surface area contributed by atoms with Crippen molar-refractivity contribution in [2.75, 3.05) is 0 Å². The molecule has 0 aromatic heterocycles. The molecule has 0 N–H and O–H groups in total. The summed E-state index contributed by atoms with van der Waals surface area (Å²) < 4.78 is 0. The van der Waals surface area contributed by atoms with Crippen molar-refractivity contribution in [1.82, 2.24) is 0 Å². The van der Waals surface area contributed by atoms with Crippen LogP contribution in [0.1, 0.15) is 34.1 Å². The molecule has 2 nitrogen and oxygen atoms in total. The monoisotopic (exact) mass is 143 g/mol. The molecule has 0 aliphatic rings. The van der Waals surface area contributed by atoms with E-state index in [-0.39, 0.29) is 6.10 Å². The molecule has 10 heavy (non-hydrogen) atoms. The number of rotatable bonds is 4. The van der Waals surface area contributed by atoms with E-state index in [4.69, 9.17) is 4.84 Å². The van der Waals surface area contributed by atoms with Gasteiger partial charge in [0.2, 0.25) is 0 Å². The van der Waals surface area contributed by atoms with Crippen LogP contribution in [0.3, 0.4) is 0 Å². The van der Waals surface area contributed by atoms with Crippen LogP contribution in [0, 0.1) is 5.92 Å². The minimum absolute atomic E-state index is 0.245. The molecular formula is C8H17NO. The summed E-state index contributed by atoms with van der Waals surface area (Å²) in [7, 11) is 0. The van der Waals surface area contributed by atoms with Crippen LogP contribution in [0.25, 0.3) is 0 Å². The standard InChI is InChI=1S/C8H17NO/c1-5-8(4)10-9-6-7(2)3/h6-8H,5H2,1-4H3/b9-6+. The molecule has 0 aliphatic heterocycles. The van der Waals surface area contributed by atoms with Gasteiger partial charge in [0.25, 0.3) is 0 Å². The maximum Gasteiger partial charge on any atom is 0.124 e. The first-order chi connectivity index (χ1) is 4.66. The third-order valence-corrected chi connectivity index (χ3v) is 1.17. The third kappa shape index (κ3) is 5.60. The molecule has 0 radical (unpaired) electrons. The van der Waals surface area contributed by atoms with Gasteiger partial charge in [-0.1, -0.05) is 25.9 Å². The Hall–Kier alpha value is -0.530. The topological polar surface area (TPSA) is 21.6 Å². The lowest BCUT2D eigenvalue weighted by Crippen LogP contribution is -2.01. The van der Waals surface area contributed by atoms with E-state index in [0.717, 1.165) is 6.42 Å². The van der Waals surface area contributed by atoms with E-state index < -0.39 is 0 Å². The lowest BCUT2D eigenvalue weighted by molar-refractivity contribution is 0.0703. The van der Waals surface area contributed by atoms with Crippen LogP contribution < -0.4 is 0 Å². The molecule has 2 heteroatoms. The van der Waals surface area contributed by atoms with Crippen LogP contribution >= 0.6 is 0 Å². The van der Waals surface area contributed by atoms with Gasteiger partial charge in [0.05, 0.1) is 0 Å². The summed E-state index contributed by atoms with van der Waals surface area (Å²) in [5.41, 5.74) is 0. The van der Waals surface area contributed by atoms with Crippen LogP contribution in [0.2, 0.25) is 0 Å². The van der Waals surface area contributed by atoms with Gasteiger partial charge in [0, 0.05) is 6.21 Å². The Kier molecular flexibility index (Phi) is 4.99. The van der Waals surface area contributed by atoms with Crippen molar-refractivity contribution in [3.63, 3.8) is 0 Å². The average Bonchev–Trinajstić information content (AvgIpc) is 1.87. The zero-order chi connectivity index (χ0) is 7.98. The molecule has 0 bridgehead atoms. The highest BCUT2D eigenvalue weighted by Gasteiger charge is 1.94. The molecule has 0 amide bonds. The quantitative estimate of drug-likeness (QED) is 0.437. The van der Waals surface area contributed by atoms with Gasteiger partial charge in [0.15, 0.2) is 0 Å². The van der Waals surface area contributed by atoms with Gasteiger partial charge in [-0.3, -0.25) is 0 Å². The Morgan fingerprint density at radius 2 is 2.00 bits per heavy atom. The molecule has 0 saturated carbocycles. The maximum atomic E-state index is 5.07. The van der Waals surface area contributed by atoms with Gasteiger partial charge < -0.3 is 4.84 Å². The summed E-state index contributed by atoms with van der Waals surface area (Å²) in [5, 5.41) is 3.82. The van der Waals surface area contributed by atoms with Crippen molar-refractivity contribution in [3.8, 4) is 0 Å². The van der Waals surface area contributed by atoms with Crippen molar-refractivity contribution in [1.29, 1.82) is 0 Å². The molecule has 0 fully saturated rings. The van der Waals surface area contributed by atoms with Crippen molar-refractivity contribution >= 4 is 6.21 Å². The molecule has 1 unspecified atom stereocenters. The van der Waals surface area contributed by atoms with Gasteiger partial charge in [-0.05, 0) is 19.3 Å². The highest BCUT2D eigenvalue weighted by molar-refractivity contribution is 5.58. The first kappa shape index (κ1) is 9.47. The maximum absolute atomic E-state index is 5.07. The second-order valence-electron chi connectivity index (χ2n) is 2.82. The fraction of sp³-hybridized carbons (Fsp3) is 0.875. The Bertz CT molecular complexity index is 99.4. The second kappa shape index (κ2) is 5.27. The molecule has 0 saturated heterocycles. The van der Waals surface area contributed by atoms with Gasteiger partial charge in [-0.15, -0.1) is 0 Å². The molecular weight excluding hydrogens is 126 g/mol. The molecule has 0 spiro atoms. The summed E-state index contributed by atoms with van der Waals surface area (Å²) in [5.74, 6) is 0.476. The minimum Gasteiger partial charge on any atom is -0.393 e. The normalized spacial score (nSPS) is 14.5. The molecule has 60 valence electrons. The summed E-state index contributed by atoms with van der Waals surface area (Å²) in [6.45, 7) is 8.24. The highest BCUT2D eigenvalue weighted by Crippen LogP contribution is 1.96. The van der Waals surface area contributed by atoms with E-state index in [1.165, 1.54) is 0 Å². The summed E-state index contributed by atoms with van der Waals surface area (Å²) in [6, 6.07) is 0. The van der Waals surface area contributed by atoms with Crippen molar-refractivity contribution in [2.24, 2.45) is 11.1 Å². The third-order valence-electron chi connectivity index (χ3n) is 1.17. The van der Waals surface area contributed by atoms with Gasteiger partial charge >= 0.3 is 0 Å². The van der Waals surface area contributed by atoms with Crippen LogP contribution in [-0.2, 0) is 4.84 Å².